The van der Waals surface area contributed by atoms with Crippen molar-refractivity contribution in [2.45, 2.75) is 43.7 Å². The zero-order valence-electron chi connectivity index (χ0n) is 19.3. The number of aliphatic hydroxyl groups excluding tert-OH is 3. The Hall–Kier alpha value is -3.71. The minimum Gasteiger partial charge on any atom is -0.571 e. The van der Waals surface area contributed by atoms with Crippen LogP contribution >= 0.6 is 0 Å². The third-order valence-electron chi connectivity index (χ3n) is 5.84. The standard InChI is InChI=1S/C24H26O12/c1-10(25)33-9-19-20(29)21(30)22(31)24(36-19)35-18-8-13-15(28)6-12(26)7-16(13)34-23(18)11-3-4-14(27)17(5-11)32-2/h3-8,19-24,26-31H,9H2,1-2H3/p+1/t19-,20-,21+,22-,23?,24-/m1/s1. The smallest absolute Gasteiger partial charge is 0.302 e. The van der Waals surface area contributed by atoms with Gasteiger partial charge in [-0.3, -0.25) is 4.79 Å². The number of hydrogen-bond donors (Lipinski definition) is 6. The minimum atomic E-state index is -1.70. The molecule has 2 heterocycles. The van der Waals surface area contributed by atoms with E-state index in [1.54, 1.807) is 6.07 Å². The van der Waals surface area contributed by atoms with Crippen LogP contribution in [0.25, 0.3) is 6.08 Å². The number of aliphatic hydroxyl groups is 4. The summed E-state index contributed by atoms with van der Waals surface area (Å²) in [5.41, 5.74) is 0.693. The van der Waals surface area contributed by atoms with Crippen LogP contribution in [0.4, 0.5) is 0 Å². The molecule has 0 amide bonds. The highest BCUT2D eigenvalue weighted by molar-refractivity contribution is 5.69. The second-order valence-electron chi connectivity index (χ2n) is 8.34. The normalized spacial score (nSPS) is 27.3. The van der Waals surface area contributed by atoms with E-state index in [0.29, 0.717) is 5.56 Å². The molecule has 0 aromatic heterocycles. The van der Waals surface area contributed by atoms with Crippen molar-refractivity contribution in [2.75, 3.05) is 13.7 Å². The SMILES string of the molecule is COc1cc(C2[OH+]c3cc(O)cc(O)c3C=C2O[C@@H]2O[C@H](COC(C)=O)[C@@H](O)[C@H](O)[C@H]2O)ccc1O. The van der Waals surface area contributed by atoms with E-state index in [2.05, 4.69) is 4.74 Å². The highest BCUT2D eigenvalue weighted by atomic mass is 16.7. The van der Waals surface area contributed by atoms with Gasteiger partial charge in [0.05, 0.1) is 18.7 Å². The number of aromatic hydroxyl groups is 4. The third-order valence-corrected chi connectivity index (χ3v) is 5.84. The lowest BCUT2D eigenvalue weighted by Crippen LogP contribution is -2.59. The lowest BCUT2D eigenvalue weighted by atomic mass is 9.98. The number of fused-ring (bicyclic) bond motifs is 1. The number of ether oxygens (including phenoxy) is 5. The maximum Gasteiger partial charge on any atom is 0.302 e. The van der Waals surface area contributed by atoms with E-state index in [-0.39, 0.29) is 40.1 Å². The molecule has 2 aromatic rings. The van der Waals surface area contributed by atoms with Crippen LogP contribution in [0.15, 0.2) is 36.1 Å². The molecule has 7 N–H and O–H groups in total. The van der Waals surface area contributed by atoms with Crippen molar-refractivity contribution in [3.8, 4) is 28.7 Å². The number of phenols is 3. The van der Waals surface area contributed by atoms with Gasteiger partial charge >= 0.3 is 5.97 Å². The van der Waals surface area contributed by atoms with Crippen molar-refractivity contribution in [3.63, 3.8) is 0 Å². The third kappa shape index (κ3) is 4.97. The maximum atomic E-state index is 11.2. The lowest BCUT2D eigenvalue weighted by Gasteiger charge is -2.40. The predicted octanol–water partition coefficient (Wildman–Crippen LogP) is 0.536. The molecule has 0 aliphatic carbocycles. The summed E-state index contributed by atoms with van der Waals surface area (Å²) >= 11 is 0. The zero-order valence-corrected chi connectivity index (χ0v) is 19.3. The number of phenolic OH excluding ortho intramolecular Hbond substituents is 3. The van der Waals surface area contributed by atoms with Crippen LogP contribution in [-0.2, 0) is 19.0 Å². The van der Waals surface area contributed by atoms with Gasteiger partial charge in [-0.25, -0.2) is 0 Å². The molecule has 12 heteroatoms. The molecule has 2 aliphatic rings. The summed E-state index contributed by atoms with van der Waals surface area (Å²) < 4.78 is 26.1. The van der Waals surface area contributed by atoms with Gasteiger partial charge in [-0.1, -0.05) is 0 Å². The lowest BCUT2D eigenvalue weighted by molar-refractivity contribution is -0.296. The molecule has 36 heavy (non-hydrogen) atoms. The Morgan fingerprint density at radius 3 is 2.47 bits per heavy atom. The van der Waals surface area contributed by atoms with E-state index in [1.165, 1.54) is 38.3 Å². The second-order valence-corrected chi connectivity index (χ2v) is 8.34. The quantitative estimate of drug-likeness (QED) is 0.236. The number of benzene rings is 2. The molecule has 0 bridgehead atoms. The van der Waals surface area contributed by atoms with Crippen LogP contribution in [-0.4, -0.2) is 85.8 Å². The topological polar surface area (TPSA) is 188 Å². The molecule has 1 unspecified atom stereocenters. The van der Waals surface area contributed by atoms with E-state index in [1.807, 2.05) is 0 Å². The molecule has 1 saturated heterocycles. The molecule has 2 aliphatic heterocycles. The fourth-order valence-electron chi connectivity index (χ4n) is 3.97. The fraction of sp³-hybridized carbons (Fsp3) is 0.375. The van der Waals surface area contributed by atoms with Crippen LogP contribution in [0.2, 0.25) is 0 Å². The second kappa shape index (κ2) is 10.1. The number of carbonyl (C=O) groups excluding carboxylic acids is 1. The Balaban J connectivity index is 1.70. The molecule has 4 rings (SSSR count). The van der Waals surface area contributed by atoms with Crippen LogP contribution in [0.1, 0.15) is 24.2 Å². The van der Waals surface area contributed by atoms with Gasteiger partial charge in [-0.15, -0.1) is 0 Å². The molecule has 12 nitrogen and oxygen atoms in total. The Labute approximate surface area is 205 Å². The predicted molar refractivity (Wildman–Crippen MR) is 121 cm³/mol. The van der Waals surface area contributed by atoms with Crippen LogP contribution in [0.3, 0.4) is 0 Å². The molecule has 0 radical (unpaired) electrons. The monoisotopic (exact) mass is 507 g/mol. The summed E-state index contributed by atoms with van der Waals surface area (Å²) in [5, 5.41) is 61.4. The largest absolute Gasteiger partial charge is 0.571 e. The van der Waals surface area contributed by atoms with Gasteiger partial charge in [0.15, 0.2) is 17.3 Å². The first-order chi connectivity index (χ1) is 17.1. The number of hydrogen-bond acceptors (Lipinski definition) is 11. The highest BCUT2D eigenvalue weighted by Crippen LogP contribution is 2.46. The van der Waals surface area contributed by atoms with Crippen molar-refractivity contribution in [1.29, 1.82) is 0 Å². The maximum absolute atomic E-state index is 11.2. The van der Waals surface area contributed by atoms with Crippen molar-refractivity contribution in [1.82, 2.24) is 0 Å². The first kappa shape index (κ1) is 25.4. The summed E-state index contributed by atoms with van der Waals surface area (Å²) in [6.07, 6.45) is -7.16. The van der Waals surface area contributed by atoms with Crippen LogP contribution in [0.5, 0.6) is 28.7 Å². The summed E-state index contributed by atoms with van der Waals surface area (Å²) in [4.78, 5) is 11.2. The van der Waals surface area contributed by atoms with E-state index in [4.69, 9.17) is 18.9 Å². The molecule has 2 aromatic carbocycles. The summed E-state index contributed by atoms with van der Waals surface area (Å²) in [6.45, 7) is 0.770. The van der Waals surface area contributed by atoms with Gasteiger partial charge in [0.1, 0.15) is 48.1 Å². The average molecular weight is 507 g/mol. The zero-order chi connectivity index (χ0) is 26.1. The van der Waals surface area contributed by atoms with E-state index < -0.39 is 49.4 Å². The first-order valence-electron chi connectivity index (χ1n) is 10.9. The Bertz CT molecular complexity index is 1160. The van der Waals surface area contributed by atoms with E-state index in [0.717, 1.165) is 6.07 Å². The number of rotatable bonds is 6. The van der Waals surface area contributed by atoms with Crippen molar-refractivity contribution in [2.24, 2.45) is 0 Å². The van der Waals surface area contributed by atoms with E-state index in [9.17, 15) is 35.4 Å². The average Bonchev–Trinajstić information content (AvgIpc) is 2.83. The molecule has 0 spiro atoms. The van der Waals surface area contributed by atoms with Crippen molar-refractivity contribution < 1.29 is 59.1 Å². The van der Waals surface area contributed by atoms with E-state index >= 15 is 0 Å². The number of carbonyl (C=O) groups is 1. The Morgan fingerprint density at radius 2 is 1.78 bits per heavy atom. The van der Waals surface area contributed by atoms with Crippen molar-refractivity contribution in [3.05, 3.63) is 47.2 Å². The first-order valence-corrected chi connectivity index (χ1v) is 10.9. The van der Waals surface area contributed by atoms with Gasteiger partial charge in [-0.2, -0.15) is 0 Å². The number of methoxy groups -OCH3 is 1. The summed E-state index contributed by atoms with van der Waals surface area (Å²) in [6, 6.07) is 6.91. The molecule has 0 saturated carbocycles. The van der Waals surface area contributed by atoms with Crippen molar-refractivity contribution >= 4 is 12.0 Å². The minimum absolute atomic E-state index is 0.0649. The molecule has 194 valence electrons. The Kier molecular flexibility index (Phi) is 7.13. The highest BCUT2D eigenvalue weighted by Gasteiger charge is 2.47. The Morgan fingerprint density at radius 1 is 1.03 bits per heavy atom. The van der Waals surface area contributed by atoms with Gasteiger partial charge in [0, 0.05) is 19.1 Å². The number of esters is 1. The van der Waals surface area contributed by atoms with Gasteiger partial charge < -0.3 is 54.3 Å². The molecular formula is C24H27O12+. The van der Waals surface area contributed by atoms with Gasteiger partial charge in [0.25, 0.3) is 11.9 Å². The van der Waals surface area contributed by atoms with Crippen LogP contribution in [0, 0.1) is 0 Å². The van der Waals surface area contributed by atoms with Gasteiger partial charge in [0.2, 0.25) is 6.29 Å². The molecule has 1 fully saturated rings. The molecular weight excluding hydrogens is 480 g/mol. The summed E-state index contributed by atoms with van der Waals surface area (Å²) in [5.74, 6) is -0.790. The molecule has 6 atom stereocenters. The van der Waals surface area contributed by atoms with Gasteiger partial charge in [-0.05, 0) is 18.2 Å². The van der Waals surface area contributed by atoms with Crippen LogP contribution < -0.4 is 4.74 Å². The fourth-order valence-corrected chi connectivity index (χ4v) is 3.97. The summed E-state index contributed by atoms with van der Waals surface area (Å²) in [7, 11) is 1.37.